The number of phenols is 1. The molecule has 0 saturated heterocycles. The Balaban J connectivity index is 2.15. The number of rotatable bonds is 3. The molecule has 7 nitrogen and oxygen atoms in total. The van der Waals surface area contributed by atoms with Crippen molar-refractivity contribution in [1.29, 1.82) is 0 Å². The minimum atomic E-state index is -0.683. The number of hydrogen-bond acceptors (Lipinski definition) is 4. The zero-order valence-corrected chi connectivity index (χ0v) is 16.2. The highest BCUT2D eigenvalue weighted by Crippen LogP contribution is 2.24. The van der Waals surface area contributed by atoms with Crippen LogP contribution in [0.15, 0.2) is 24.3 Å². The topological polar surface area (TPSA) is 96.2 Å². The quantitative estimate of drug-likeness (QED) is 0.714. The lowest BCUT2D eigenvalue weighted by Gasteiger charge is -2.23. The van der Waals surface area contributed by atoms with Crippen LogP contribution >= 0.6 is 11.6 Å². The minimum absolute atomic E-state index is 0.0408. The van der Waals surface area contributed by atoms with E-state index in [2.05, 4.69) is 16.0 Å². The van der Waals surface area contributed by atoms with Crippen LogP contribution < -0.4 is 10.9 Å². The summed E-state index contributed by atoms with van der Waals surface area (Å²) in [7, 11) is 0. The van der Waals surface area contributed by atoms with E-state index in [-0.39, 0.29) is 28.5 Å². The van der Waals surface area contributed by atoms with E-state index in [1.54, 1.807) is 10.7 Å². The van der Waals surface area contributed by atoms with E-state index in [1.165, 1.54) is 18.2 Å². The molecule has 0 fully saturated rings. The molecular formula is C18H23ClN4O3. The predicted octanol–water partition coefficient (Wildman–Crippen LogP) is 3.20. The Morgan fingerprint density at radius 1 is 1.15 bits per heavy atom. The van der Waals surface area contributed by atoms with Gasteiger partial charge in [0, 0.05) is 10.7 Å². The largest absolute Gasteiger partial charge is 0.507 e. The molecule has 0 unspecified atom stereocenters. The third kappa shape index (κ3) is 4.35. The molecule has 3 N–H and O–H groups in total. The maximum atomic E-state index is 12.4. The van der Waals surface area contributed by atoms with Gasteiger partial charge in [-0.1, -0.05) is 25.4 Å². The van der Waals surface area contributed by atoms with Gasteiger partial charge < -0.3 is 5.11 Å². The van der Waals surface area contributed by atoms with Gasteiger partial charge in [-0.05, 0) is 51.0 Å². The maximum Gasteiger partial charge on any atom is 0.290 e. The fraction of sp³-hybridized carbons (Fsp3) is 0.389. The van der Waals surface area contributed by atoms with E-state index >= 15 is 0 Å². The summed E-state index contributed by atoms with van der Waals surface area (Å²) in [6.45, 7) is 10.0. The third-order valence-corrected chi connectivity index (χ3v) is 3.92. The maximum absolute atomic E-state index is 12.4. The number of hydrogen-bond donors (Lipinski definition) is 3. The van der Waals surface area contributed by atoms with Gasteiger partial charge in [-0.25, -0.2) is 0 Å². The molecule has 0 atom stereocenters. The number of benzene rings is 1. The second-order valence-corrected chi connectivity index (χ2v) is 7.70. The standard InChI is InChI=1S/C18H23ClN4O3/c1-10(2)14-9-13(22-23(14)18(3,4)5)17(26)21-20-16(25)12-8-11(19)6-7-15(12)24/h6-10,24H,1-5H3,(H,20,25)(H,21,26). The molecule has 1 aromatic carbocycles. The molecule has 0 bridgehead atoms. The van der Waals surface area contributed by atoms with Crippen molar-refractivity contribution < 1.29 is 14.7 Å². The monoisotopic (exact) mass is 378 g/mol. The normalized spacial score (nSPS) is 11.5. The number of aromatic hydroxyl groups is 1. The minimum Gasteiger partial charge on any atom is -0.507 e. The number of halogens is 1. The van der Waals surface area contributed by atoms with Crippen LogP contribution in [0.2, 0.25) is 5.02 Å². The van der Waals surface area contributed by atoms with E-state index in [0.717, 1.165) is 5.69 Å². The molecular weight excluding hydrogens is 356 g/mol. The van der Waals surface area contributed by atoms with Gasteiger partial charge in [0.15, 0.2) is 5.69 Å². The number of nitrogens with one attached hydrogen (secondary N) is 2. The predicted molar refractivity (Wildman–Crippen MR) is 99.4 cm³/mol. The highest BCUT2D eigenvalue weighted by atomic mass is 35.5. The highest BCUT2D eigenvalue weighted by molar-refractivity contribution is 6.31. The van der Waals surface area contributed by atoms with E-state index < -0.39 is 11.8 Å². The third-order valence-electron chi connectivity index (χ3n) is 3.69. The van der Waals surface area contributed by atoms with Crippen LogP contribution in [-0.4, -0.2) is 26.7 Å². The molecule has 8 heteroatoms. The van der Waals surface area contributed by atoms with Gasteiger partial charge >= 0.3 is 0 Å². The summed E-state index contributed by atoms with van der Waals surface area (Å²) in [5.74, 6) is -1.29. The Kier molecular flexibility index (Phi) is 5.61. The van der Waals surface area contributed by atoms with Crippen LogP contribution in [0, 0.1) is 0 Å². The van der Waals surface area contributed by atoms with Crippen LogP contribution in [0.3, 0.4) is 0 Å². The zero-order chi connectivity index (χ0) is 19.6. The fourth-order valence-corrected chi connectivity index (χ4v) is 2.56. The Labute approximate surface area is 157 Å². The number of carbonyl (C=O) groups excluding carboxylic acids is 2. The number of carbonyl (C=O) groups is 2. The molecule has 1 aromatic heterocycles. The lowest BCUT2D eigenvalue weighted by Crippen LogP contribution is -2.42. The van der Waals surface area contributed by atoms with E-state index in [0.29, 0.717) is 5.02 Å². The molecule has 1 heterocycles. The van der Waals surface area contributed by atoms with Crippen molar-refractivity contribution in [3.63, 3.8) is 0 Å². The molecule has 2 aromatic rings. The molecule has 0 aliphatic heterocycles. The zero-order valence-electron chi connectivity index (χ0n) is 15.4. The first-order valence-corrected chi connectivity index (χ1v) is 8.58. The van der Waals surface area contributed by atoms with Crippen molar-refractivity contribution in [3.8, 4) is 5.75 Å². The van der Waals surface area contributed by atoms with Gasteiger partial charge in [0.05, 0.1) is 11.1 Å². The molecule has 0 spiro atoms. The van der Waals surface area contributed by atoms with Crippen molar-refractivity contribution in [1.82, 2.24) is 20.6 Å². The number of hydrazine groups is 1. The molecule has 26 heavy (non-hydrogen) atoms. The first kappa shape index (κ1) is 19.8. The lowest BCUT2D eigenvalue weighted by atomic mass is 10.1. The number of nitrogens with zero attached hydrogens (tertiary/aromatic N) is 2. The Bertz CT molecular complexity index is 837. The summed E-state index contributed by atoms with van der Waals surface area (Å²) in [5.41, 5.74) is 5.35. The average Bonchev–Trinajstić information content (AvgIpc) is 3.00. The summed E-state index contributed by atoms with van der Waals surface area (Å²) in [6.07, 6.45) is 0. The molecule has 0 radical (unpaired) electrons. The second kappa shape index (κ2) is 7.37. The van der Waals surface area contributed by atoms with Gasteiger partial charge in [-0.2, -0.15) is 5.10 Å². The first-order chi connectivity index (χ1) is 12.0. The van der Waals surface area contributed by atoms with E-state index in [1.807, 2.05) is 34.6 Å². The lowest BCUT2D eigenvalue weighted by molar-refractivity contribution is 0.0841. The second-order valence-electron chi connectivity index (χ2n) is 7.26. The molecule has 2 rings (SSSR count). The smallest absolute Gasteiger partial charge is 0.290 e. The number of aromatic nitrogens is 2. The molecule has 0 saturated carbocycles. The summed E-state index contributed by atoms with van der Waals surface area (Å²) < 4.78 is 1.80. The van der Waals surface area contributed by atoms with Gasteiger partial charge in [0.1, 0.15) is 5.75 Å². The van der Waals surface area contributed by atoms with Gasteiger partial charge in [-0.3, -0.25) is 25.1 Å². The van der Waals surface area contributed by atoms with Crippen molar-refractivity contribution in [3.05, 3.63) is 46.2 Å². The average molecular weight is 379 g/mol. The van der Waals surface area contributed by atoms with E-state index in [9.17, 15) is 14.7 Å². The van der Waals surface area contributed by atoms with Crippen molar-refractivity contribution in [2.24, 2.45) is 0 Å². The molecule has 140 valence electrons. The van der Waals surface area contributed by atoms with Gasteiger partial charge in [0.25, 0.3) is 11.8 Å². The van der Waals surface area contributed by atoms with Crippen LogP contribution in [-0.2, 0) is 5.54 Å². The summed E-state index contributed by atoms with van der Waals surface area (Å²) in [5, 5.41) is 14.4. The van der Waals surface area contributed by atoms with Crippen molar-refractivity contribution in [2.75, 3.05) is 0 Å². The van der Waals surface area contributed by atoms with E-state index in [4.69, 9.17) is 11.6 Å². The van der Waals surface area contributed by atoms with Crippen LogP contribution in [0.4, 0.5) is 0 Å². The highest BCUT2D eigenvalue weighted by Gasteiger charge is 2.24. The van der Waals surface area contributed by atoms with Gasteiger partial charge in [0.2, 0.25) is 0 Å². The number of phenolic OH excluding ortho intramolecular Hbond substituents is 1. The summed E-state index contributed by atoms with van der Waals surface area (Å²) in [6, 6.07) is 5.77. The molecule has 0 aliphatic carbocycles. The van der Waals surface area contributed by atoms with Crippen LogP contribution in [0.5, 0.6) is 5.75 Å². The van der Waals surface area contributed by atoms with Crippen LogP contribution in [0.25, 0.3) is 0 Å². The Morgan fingerprint density at radius 2 is 1.77 bits per heavy atom. The summed E-state index contributed by atoms with van der Waals surface area (Å²) in [4.78, 5) is 24.5. The first-order valence-electron chi connectivity index (χ1n) is 8.20. The fourth-order valence-electron chi connectivity index (χ4n) is 2.39. The Morgan fingerprint density at radius 3 is 2.31 bits per heavy atom. The SMILES string of the molecule is CC(C)c1cc(C(=O)NNC(=O)c2cc(Cl)ccc2O)nn1C(C)(C)C. The molecule has 0 aliphatic rings. The Hall–Kier alpha value is -2.54. The van der Waals surface area contributed by atoms with Crippen molar-refractivity contribution in [2.45, 2.75) is 46.1 Å². The van der Waals surface area contributed by atoms with Crippen LogP contribution in [0.1, 0.15) is 67.1 Å². The molecule has 2 amide bonds. The summed E-state index contributed by atoms with van der Waals surface area (Å²) >= 11 is 5.82. The van der Waals surface area contributed by atoms with Crippen molar-refractivity contribution >= 4 is 23.4 Å². The number of amides is 2. The van der Waals surface area contributed by atoms with Gasteiger partial charge in [-0.15, -0.1) is 0 Å².